The van der Waals surface area contributed by atoms with Crippen LogP contribution in [0.2, 0.25) is 0 Å². The van der Waals surface area contributed by atoms with E-state index in [0.717, 1.165) is 0 Å². The lowest BCUT2D eigenvalue weighted by Gasteiger charge is -2.02. The first-order chi connectivity index (χ1) is 7.97. The van der Waals surface area contributed by atoms with E-state index in [4.69, 9.17) is 10.2 Å². The van der Waals surface area contributed by atoms with Crippen molar-refractivity contribution >= 4 is 17.9 Å². The normalized spacial score (nSPS) is 9.41. The van der Waals surface area contributed by atoms with Gasteiger partial charge in [-0.05, 0) is 6.07 Å². The largest absolute Gasteiger partial charge is 0.478 e. The number of nitrogens with zero attached hydrogens (tertiary/aromatic N) is 2. The lowest BCUT2D eigenvalue weighted by Crippen LogP contribution is -2.13. The predicted molar refractivity (Wildman–Crippen MR) is 49.4 cm³/mol. The molecule has 1 aromatic heterocycles. The van der Waals surface area contributed by atoms with E-state index in [1.54, 1.807) is 0 Å². The van der Waals surface area contributed by atoms with E-state index in [9.17, 15) is 19.3 Å². The number of pyridine rings is 1. The standard InChI is InChI=1S/C8H4N2O7/c11-6(12)3-1-5(7(13)14)9-2-4(3)8(15)17-10-16/h1-2H,(H,11,12)(H,13,14). The van der Waals surface area contributed by atoms with E-state index in [-0.39, 0.29) is 0 Å². The third-order valence-corrected chi connectivity index (χ3v) is 1.69. The molecule has 9 heteroatoms. The van der Waals surface area contributed by atoms with E-state index < -0.39 is 34.7 Å². The average Bonchev–Trinajstić information content (AvgIpc) is 2.28. The molecule has 1 heterocycles. The van der Waals surface area contributed by atoms with Crippen LogP contribution in [0, 0.1) is 4.91 Å². The molecule has 0 saturated heterocycles. The summed E-state index contributed by atoms with van der Waals surface area (Å²) in [6.45, 7) is 0. The van der Waals surface area contributed by atoms with Gasteiger partial charge in [0.05, 0.1) is 11.1 Å². The first-order valence-corrected chi connectivity index (χ1v) is 3.98. The zero-order valence-electron chi connectivity index (χ0n) is 7.98. The number of carboxylic acids is 2. The second-order valence-corrected chi connectivity index (χ2v) is 2.68. The van der Waals surface area contributed by atoms with Gasteiger partial charge in [-0.2, -0.15) is 0 Å². The minimum Gasteiger partial charge on any atom is -0.478 e. The van der Waals surface area contributed by atoms with Crippen LogP contribution in [0.1, 0.15) is 31.2 Å². The van der Waals surface area contributed by atoms with Crippen molar-refractivity contribution in [1.29, 1.82) is 0 Å². The Bertz CT molecular complexity index is 511. The van der Waals surface area contributed by atoms with Crippen molar-refractivity contribution in [3.63, 3.8) is 0 Å². The molecule has 0 unspecified atom stereocenters. The number of hydrogen-bond donors (Lipinski definition) is 2. The highest BCUT2D eigenvalue weighted by Gasteiger charge is 2.21. The number of aromatic nitrogens is 1. The van der Waals surface area contributed by atoms with Crippen LogP contribution in [-0.4, -0.2) is 33.1 Å². The highest BCUT2D eigenvalue weighted by atomic mass is 16.7. The molecule has 88 valence electrons. The van der Waals surface area contributed by atoms with E-state index in [0.29, 0.717) is 12.3 Å². The smallest absolute Gasteiger partial charge is 0.371 e. The molecule has 9 nitrogen and oxygen atoms in total. The van der Waals surface area contributed by atoms with Gasteiger partial charge < -0.3 is 10.2 Å². The molecule has 0 bridgehead atoms. The quantitative estimate of drug-likeness (QED) is 0.565. The third kappa shape index (κ3) is 2.59. The van der Waals surface area contributed by atoms with Crippen LogP contribution >= 0.6 is 0 Å². The molecule has 0 aliphatic heterocycles. The van der Waals surface area contributed by atoms with E-state index in [1.165, 1.54) is 0 Å². The van der Waals surface area contributed by atoms with Gasteiger partial charge in [0, 0.05) is 6.20 Å². The Balaban J connectivity index is 3.31. The first-order valence-electron chi connectivity index (χ1n) is 3.98. The van der Waals surface area contributed by atoms with Gasteiger partial charge in [0.15, 0.2) is 5.34 Å². The molecule has 0 spiro atoms. The topological polar surface area (TPSA) is 143 Å². The van der Waals surface area contributed by atoms with Gasteiger partial charge in [0.1, 0.15) is 5.69 Å². The number of carbonyl (C=O) groups is 3. The lowest BCUT2D eigenvalue weighted by atomic mass is 10.1. The molecule has 1 aromatic rings. The molecule has 0 atom stereocenters. The molecule has 0 saturated carbocycles. The zero-order valence-corrected chi connectivity index (χ0v) is 7.98. The SMILES string of the molecule is O=NOC(=O)c1cnc(C(=O)O)cc1C(=O)O. The third-order valence-electron chi connectivity index (χ3n) is 1.69. The van der Waals surface area contributed by atoms with Gasteiger partial charge in [-0.15, -0.1) is 4.91 Å². The number of hydrogen-bond acceptors (Lipinski definition) is 7. The van der Waals surface area contributed by atoms with Crippen LogP contribution < -0.4 is 0 Å². The predicted octanol–water partition coefficient (Wildman–Crippen LogP) is 0.316. The Labute approximate surface area is 92.6 Å². The summed E-state index contributed by atoms with van der Waals surface area (Å²) in [6.07, 6.45) is 0.681. The fourth-order valence-corrected chi connectivity index (χ4v) is 0.995. The second kappa shape index (κ2) is 4.79. The van der Waals surface area contributed by atoms with Crippen molar-refractivity contribution in [2.45, 2.75) is 0 Å². The van der Waals surface area contributed by atoms with Crippen LogP contribution in [0.15, 0.2) is 17.6 Å². The Morgan fingerprint density at radius 1 is 1.18 bits per heavy atom. The van der Waals surface area contributed by atoms with E-state index >= 15 is 0 Å². The molecule has 17 heavy (non-hydrogen) atoms. The Morgan fingerprint density at radius 3 is 2.29 bits per heavy atom. The van der Waals surface area contributed by atoms with Gasteiger partial charge in [-0.3, -0.25) is 4.84 Å². The molecular formula is C8H4N2O7. The molecule has 0 fully saturated rings. The summed E-state index contributed by atoms with van der Waals surface area (Å²) >= 11 is 0. The molecule has 0 amide bonds. The summed E-state index contributed by atoms with van der Waals surface area (Å²) in [5.41, 5.74) is -1.77. The van der Waals surface area contributed by atoms with Gasteiger partial charge in [-0.1, -0.05) is 0 Å². The van der Waals surface area contributed by atoms with E-state index in [2.05, 4.69) is 9.82 Å². The fourth-order valence-electron chi connectivity index (χ4n) is 0.995. The maximum Gasteiger partial charge on any atom is 0.371 e. The van der Waals surface area contributed by atoms with Crippen LogP contribution in [0.4, 0.5) is 0 Å². The van der Waals surface area contributed by atoms with Crippen molar-refractivity contribution in [2.24, 2.45) is 5.34 Å². The van der Waals surface area contributed by atoms with Crippen LogP contribution in [0.3, 0.4) is 0 Å². The summed E-state index contributed by atoms with van der Waals surface area (Å²) in [4.78, 5) is 49.1. The van der Waals surface area contributed by atoms with Crippen LogP contribution in [-0.2, 0) is 4.84 Å². The Hall–Kier alpha value is -2.84. The van der Waals surface area contributed by atoms with Crippen molar-refractivity contribution in [3.05, 3.63) is 34.0 Å². The van der Waals surface area contributed by atoms with Gasteiger partial charge in [0.25, 0.3) is 0 Å². The molecule has 1 rings (SSSR count). The summed E-state index contributed by atoms with van der Waals surface area (Å²) in [5, 5.41) is 19.2. The minimum absolute atomic E-state index is 0.557. The summed E-state index contributed by atoms with van der Waals surface area (Å²) in [5.74, 6) is -4.35. The molecule has 0 aromatic carbocycles. The van der Waals surface area contributed by atoms with Crippen molar-refractivity contribution in [3.8, 4) is 0 Å². The number of rotatable bonds is 4. The maximum atomic E-state index is 11.1. The van der Waals surface area contributed by atoms with Crippen molar-refractivity contribution in [1.82, 2.24) is 4.98 Å². The Kier molecular flexibility index (Phi) is 3.44. The van der Waals surface area contributed by atoms with Crippen molar-refractivity contribution in [2.75, 3.05) is 0 Å². The summed E-state index contributed by atoms with van der Waals surface area (Å²) in [6, 6.07) is 0.673. The first kappa shape index (κ1) is 12.2. The van der Waals surface area contributed by atoms with E-state index in [1.807, 2.05) is 5.34 Å². The summed E-state index contributed by atoms with van der Waals surface area (Å²) in [7, 11) is 0. The van der Waals surface area contributed by atoms with Gasteiger partial charge >= 0.3 is 17.9 Å². The Morgan fingerprint density at radius 2 is 1.82 bits per heavy atom. The average molecular weight is 240 g/mol. The second-order valence-electron chi connectivity index (χ2n) is 2.68. The summed E-state index contributed by atoms with van der Waals surface area (Å²) < 4.78 is 0. The highest BCUT2D eigenvalue weighted by Crippen LogP contribution is 2.11. The minimum atomic E-state index is -1.56. The molecule has 0 radical (unpaired) electrons. The fraction of sp³-hybridized carbons (Fsp3) is 0. The van der Waals surface area contributed by atoms with Gasteiger partial charge in [-0.25, -0.2) is 19.4 Å². The highest BCUT2D eigenvalue weighted by molar-refractivity contribution is 6.03. The lowest BCUT2D eigenvalue weighted by molar-refractivity contribution is 0.0495. The van der Waals surface area contributed by atoms with Crippen LogP contribution in [0.25, 0.3) is 0 Å². The molecule has 0 aliphatic carbocycles. The molecule has 0 aliphatic rings. The zero-order chi connectivity index (χ0) is 13.0. The number of carbonyl (C=O) groups excluding carboxylic acids is 1. The van der Waals surface area contributed by atoms with Crippen molar-refractivity contribution < 1.29 is 29.4 Å². The number of aromatic carboxylic acids is 2. The monoisotopic (exact) mass is 240 g/mol. The molecule has 2 N–H and O–H groups in total. The molecular weight excluding hydrogens is 236 g/mol. The van der Waals surface area contributed by atoms with Crippen LogP contribution in [0.5, 0.6) is 0 Å². The van der Waals surface area contributed by atoms with Gasteiger partial charge in [0.2, 0.25) is 0 Å². The maximum absolute atomic E-state index is 11.1. The number of carboxylic acid groups (broad SMARTS) is 2.